The number of carbonyl (C=O) groups excluding carboxylic acids is 1. The van der Waals surface area contributed by atoms with Crippen LogP contribution in [-0.2, 0) is 4.74 Å². The number of nitrogens with zero attached hydrogens (tertiary/aromatic N) is 4. The van der Waals surface area contributed by atoms with E-state index in [1.807, 2.05) is 6.07 Å². The molecule has 27 heavy (non-hydrogen) atoms. The van der Waals surface area contributed by atoms with Gasteiger partial charge in [-0.2, -0.15) is 10.2 Å². The monoisotopic (exact) mass is 369 g/mol. The Labute approximate surface area is 156 Å². The molecule has 0 unspecified atom stereocenters. The van der Waals surface area contributed by atoms with Gasteiger partial charge in [0.25, 0.3) is 5.91 Å². The maximum Gasteiger partial charge on any atom is 0.254 e. The van der Waals surface area contributed by atoms with Crippen molar-refractivity contribution in [2.75, 3.05) is 45.8 Å². The van der Waals surface area contributed by atoms with Crippen LogP contribution < -0.4 is 14.8 Å². The molecule has 1 fully saturated rings. The van der Waals surface area contributed by atoms with E-state index in [1.165, 1.54) is 20.4 Å². The van der Waals surface area contributed by atoms with Crippen LogP contribution in [0.1, 0.15) is 15.9 Å². The molecule has 0 saturated carbocycles. The van der Waals surface area contributed by atoms with E-state index in [2.05, 4.69) is 15.3 Å². The third-order valence-corrected chi connectivity index (χ3v) is 4.06. The van der Waals surface area contributed by atoms with Crippen LogP contribution in [0.25, 0.3) is 0 Å². The summed E-state index contributed by atoms with van der Waals surface area (Å²) in [6, 6.07) is 7.06. The summed E-state index contributed by atoms with van der Waals surface area (Å²) in [4.78, 5) is 22.6. The van der Waals surface area contributed by atoms with Gasteiger partial charge in [-0.05, 0) is 18.2 Å². The van der Waals surface area contributed by atoms with Crippen molar-refractivity contribution >= 4 is 17.5 Å². The van der Waals surface area contributed by atoms with Crippen LogP contribution in [0.4, 0.5) is 11.6 Å². The maximum absolute atomic E-state index is 12.6. The van der Waals surface area contributed by atoms with Crippen LogP contribution in [0.5, 0.6) is 11.6 Å². The van der Waals surface area contributed by atoms with Crippen molar-refractivity contribution in [1.29, 1.82) is 5.26 Å². The SMILES string of the molecule is COc1cc(C(=O)N2CCOCC2)ccc1Nc1ncc(C#N)c(OC)n1. The summed E-state index contributed by atoms with van der Waals surface area (Å²) >= 11 is 0. The standard InChI is InChI=1S/C18H19N5O4/c1-25-15-9-12(17(24)23-5-7-27-8-6-23)3-4-14(15)21-18-20-11-13(10-19)16(22-18)26-2/h3-4,9,11H,5-8H2,1-2H3,(H,20,21,22). The van der Waals surface area contributed by atoms with Crippen molar-refractivity contribution in [1.82, 2.24) is 14.9 Å². The number of morpholine rings is 1. The highest BCUT2D eigenvalue weighted by Crippen LogP contribution is 2.29. The molecule has 1 amide bonds. The molecule has 1 aromatic carbocycles. The van der Waals surface area contributed by atoms with Crippen molar-refractivity contribution in [2.24, 2.45) is 0 Å². The number of methoxy groups -OCH3 is 2. The second kappa shape index (κ2) is 8.33. The molecule has 3 rings (SSSR count). The molecule has 2 aromatic rings. The predicted octanol–water partition coefficient (Wildman–Crippen LogP) is 1.58. The number of hydrogen-bond acceptors (Lipinski definition) is 8. The minimum absolute atomic E-state index is 0.0700. The van der Waals surface area contributed by atoms with E-state index in [1.54, 1.807) is 23.1 Å². The summed E-state index contributed by atoms with van der Waals surface area (Å²) in [5.74, 6) is 0.824. The molecule has 0 atom stereocenters. The van der Waals surface area contributed by atoms with Gasteiger partial charge < -0.3 is 24.4 Å². The van der Waals surface area contributed by atoms with Gasteiger partial charge in [0.05, 0.1) is 39.3 Å². The second-order valence-electron chi connectivity index (χ2n) is 5.67. The molecule has 9 heteroatoms. The van der Waals surface area contributed by atoms with Gasteiger partial charge in [0.1, 0.15) is 17.4 Å². The summed E-state index contributed by atoms with van der Waals surface area (Å²) in [7, 11) is 2.95. The zero-order valence-corrected chi connectivity index (χ0v) is 15.1. The van der Waals surface area contributed by atoms with E-state index in [-0.39, 0.29) is 23.3 Å². The van der Waals surface area contributed by atoms with Gasteiger partial charge in [0.2, 0.25) is 11.8 Å². The van der Waals surface area contributed by atoms with Gasteiger partial charge in [-0.15, -0.1) is 0 Å². The first-order valence-electron chi connectivity index (χ1n) is 8.29. The van der Waals surface area contributed by atoms with Crippen molar-refractivity contribution < 1.29 is 19.0 Å². The van der Waals surface area contributed by atoms with Crippen LogP contribution in [0.15, 0.2) is 24.4 Å². The smallest absolute Gasteiger partial charge is 0.254 e. The lowest BCUT2D eigenvalue weighted by molar-refractivity contribution is 0.0302. The molecule has 1 aliphatic rings. The summed E-state index contributed by atoms with van der Waals surface area (Å²) in [6.45, 7) is 2.22. The number of benzene rings is 1. The minimum Gasteiger partial charge on any atom is -0.495 e. The van der Waals surface area contributed by atoms with Gasteiger partial charge in [-0.1, -0.05) is 0 Å². The summed E-state index contributed by atoms with van der Waals surface area (Å²) in [5.41, 5.74) is 1.35. The third kappa shape index (κ3) is 4.07. The molecule has 1 aromatic heterocycles. The summed E-state index contributed by atoms with van der Waals surface area (Å²) in [6.07, 6.45) is 1.37. The molecule has 0 aliphatic carbocycles. The lowest BCUT2D eigenvalue weighted by atomic mass is 10.1. The van der Waals surface area contributed by atoms with Crippen molar-refractivity contribution in [3.63, 3.8) is 0 Å². The Kier molecular flexibility index (Phi) is 5.68. The Morgan fingerprint density at radius 1 is 1.30 bits per heavy atom. The molecule has 9 nitrogen and oxygen atoms in total. The fourth-order valence-corrected chi connectivity index (χ4v) is 2.66. The summed E-state index contributed by atoms with van der Waals surface area (Å²) in [5, 5.41) is 12.0. The average Bonchev–Trinajstić information content (AvgIpc) is 2.74. The molecular weight excluding hydrogens is 350 g/mol. The third-order valence-electron chi connectivity index (χ3n) is 4.06. The molecule has 1 aliphatic heterocycles. The Morgan fingerprint density at radius 2 is 2.07 bits per heavy atom. The Balaban J connectivity index is 1.82. The van der Waals surface area contributed by atoms with Gasteiger partial charge >= 0.3 is 0 Å². The number of ether oxygens (including phenoxy) is 3. The fourth-order valence-electron chi connectivity index (χ4n) is 2.66. The number of nitriles is 1. The van der Waals surface area contributed by atoms with Gasteiger partial charge in [0.15, 0.2) is 0 Å². The lowest BCUT2D eigenvalue weighted by Gasteiger charge is -2.27. The second-order valence-corrected chi connectivity index (χ2v) is 5.67. The van der Waals surface area contributed by atoms with E-state index in [0.717, 1.165) is 0 Å². The van der Waals surface area contributed by atoms with Gasteiger partial charge in [0, 0.05) is 18.7 Å². The van der Waals surface area contributed by atoms with E-state index in [0.29, 0.717) is 43.3 Å². The van der Waals surface area contributed by atoms with E-state index < -0.39 is 0 Å². The van der Waals surface area contributed by atoms with Crippen molar-refractivity contribution in [3.8, 4) is 17.7 Å². The van der Waals surface area contributed by atoms with Crippen LogP contribution >= 0.6 is 0 Å². The Hall–Kier alpha value is -3.38. The summed E-state index contributed by atoms with van der Waals surface area (Å²) < 4.78 is 15.8. The van der Waals surface area contributed by atoms with Crippen molar-refractivity contribution in [3.05, 3.63) is 35.5 Å². The average molecular weight is 369 g/mol. The zero-order chi connectivity index (χ0) is 19.2. The highest BCUT2D eigenvalue weighted by atomic mass is 16.5. The van der Waals surface area contributed by atoms with Gasteiger partial charge in [-0.3, -0.25) is 4.79 Å². The number of nitrogens with one attached hydrogen (secondary N) is 1. The lowest BCUT2D eigenvalue weighted by Crippen LogP contribution is -2.40. The number of rotatable bonds is 5. The highest BCUT2D eigenvalue weighted by molar-refractivity contribution is 5.95. The van der Waals surface area contributed by atoms with Gasteiger partial charge in [-0.25, -0.2) is 4.98 Å². The predicted molar refractivity (Wildman–Crippen MR) is 96.3 cm³/mol. The fraction of sp³-hybridized carbons (Fsp3) is 0.333. The number of amides is 1. The minimum atomic E-state index is -0.0700. The van der Waals surface area contributed by atoms with Crippen LogP contribution in [0.2, 0.25) is 0 Å². The largest absolute Gasteiger partial charge is 0.495 e. The molecule has 1 N–H and O–H groups in total. The first-order chi connectivity index (χ1) is 13.2. The molecule has 0 bridgehead atoms. The van der Waals surface area contributed by atoms with E-state index in [9.17, 15) is 4.79 Å². The first kappa shape index (κ1) is 18.4. The van der Waals surface area contributed by atoms with E-state index in [4.69, 9.17) is 19.5 Å². The van der Waals surface area contributed by atoms with Crippen LogP contribution in [-0.4, -0.2) is 61.3 Å². The molecule has 0 spiro atoms. The molecular formula is C18H19N5O4. The highest BCUT2D eigenvalue weighted by Gasteiger charge is 2.20. The van der Waals surface area contributed by atoms with Crippen LogP contribution in [0, 0.1) is 11.3 Å². The number of carbonyl (C=O) groups is 1. The molecule has 1 saturated heterocycles. The molecule has 0 radical (unpaired) electrons. The quantitative estimate of drug-likeness (QED) is 0.846. The topological polar surface area (TPSA) is 110 Å². The Bertz CT molecular complexity index is 875. The number of anilines is 2. The number of aromatic nitrogens is 2. The Morgan fingerprint density at radius 3 is 2.74 bits per heavy atom. The normalized spacial score (nSPS) is 13.6. The first-order valence-corrected chi connectivity index (χ1v) is 8.29. The maximum atomic E-state index is 12.6. The van der Waals surface area contributed by atoms with E-state index >= 15 is 0 Å². The van der Waals surface area contributed by atoms with Crippen LogP contribution in [0.3, 0.4) is 0 Å². The number of hydrogen-bond donors (Lipinski definition) is 1. The zero-order valence-electron chi connectivity index (χ0n) is 15.1. The van der Waals surface area contributed by atoms with Crippen molar-refractivity contribution in [2.45, 2.75) is 0 Å². The molecule has 2 heterocycles. The molecule has 140 valence electrons.